The molecule has 10 nitrogen and oxygen atoms in total. The van der Waals surface area contributed by atoms with Gasteiger partial charge in [0, 0.05) is 30.7 Å². The number of non-ortho nitro benzene ring substituents is 1. The zero-order chi connectivity index (χ0) is 17.9. The minimum Gasteiger partial charge on any atom is -0.338 e. The molecule has 24 heavy (non-hydrogen) atoms. The molecule has 0 aliphatic carbocycles. The van der Waals surface area contributed by atoms with E-state index in [4.69, 9.17) is 5.21 Å². The summed E-state index contributed by atoms with van der Waals surface area (Å²) in [5.74, 6) is -1.13. The topological polar surface area (TPSA) is 151 Å². The highest BCUT2D eigenvalue weighted by atomic mass is 16.6. The number of hydrogen-bond acceptors (Lipinski definition) is 6. The Bertz CT molecular complexity index is 602. The monoisotopic (exact) mass is 338 g/mol. The molecule has 0 aliphatic rings. The van der Waals surface area contributed by atoms with Crippen molar-refractivity contribution in [1.29, 1.82) is 0 Å². The summed E-state index contributed by atoms with van der Waals surface area (Å²) in [6.07, 6.45) is 2.04. The average molecular weight is 338 g/mol. The lowest BCUT2D eigenvalue weighted by atomic mass is 10.2. The molecule has 0 spiro atoms. The first kappa shape index (κ1) is 19.0. The van der Waals surface area contributed by atoms with E-state index in [-0.39, 0.29) is 17.7 Å². The zero-order valence-corrected chi connectivity index (χ0v) is 12.8. The van der Waals surface area contributed by atoms with E-state index in [9.17, 15) is 24.5 Å². The maximum Gasteiger partial charge on any atom is 0.321 e. The van der Waals surface area contributed by atoms with E-state index in [1.807, 2.05) is 0 Å². The molecule has 130 valence electrons. The quantitative estimate of drug-likeness (QED) is 0.241. The van der Waals surface area contributed by atoms with Crippen molar-refractivity contribution < 1.29 is 24.5 Å². The van der Waals surface area contributed by atoms with Crippen LogP contribution in [0.3, 0.4) is 0 Å². The van der Waals surface area contributed by atoms with Gasteiger partial charge in [0.2, 0.25) is 5.91 Å². The predicted molar refractivity (Wildman–Crippen MR) is 82.4 cm³/mol. The standard InChI is InChI=1S/C14H18N4O6/c19-12(17-22)4-2-1-3-9-15-14(21)16-13(20)10-5-7-11(8-6-10)18(23)24/h5-8,22H,1-4,9H2,(H,17,19)(H2,15,16,20,21). The smallest absolute Gasteiger partial charge is 0.321 e. The number of rotatable bonds is 8. The molecule has 4 amide bonds. The number of nitro groups is 1. The molecular weight excluding hydrogens is 320 g/mol. The molecule has 0 heterocycles. The van der Waals surface area contributed by atoms with Crippen molar-refractivity contribution in [1.82, 2.24) is 16.1 Å². The summed E-state index contributed by atoms with van der Waals surface area (Å²) in [6.45, 7) is 0.320. The van der Waals surface area contributed by atoms with Gasteiger partial charge in [-0.15, -0.1) is 0 Å². The summed E-state index contributed by atoms with van der Waals surface area (Å²) in [4.78, 5) is 44.0. The van der Waals surface area contributed by atoms with Crippen molar-refractivity contribution in [3.63, 3.8) is 0 Å². The van der Waals surface area contributed by atoms with Crippen LogP contribution in [-0.4, -0.2) is 34.5 Å². The third-order valence-electron chi connectivity index (χ3n) is 3.06. The van der Waals surface area contributed by atoms with Gasteiger partial charge in [0.05, 0.1) is 4.92 Å². The molecule has 1 aromatic carbocycles. The number of nitro benzene ring substituents is 1. The van der Waals surface area contributed by atoms with Crippen LogP contribution in [-0.2, 0) is 4.79 Å². The number of nitrogens with one attached hydrogen (secondary N) is 3. The molecule has 0 aromatic heterocycles. The van der Waals surface area contributed by atoms with Gasteiger partial charge in [-0.05, 0) is 25.0 Å². The van der Waals surface area contributed by atoms with Crippen molar-refractivity contribution >= 4 is 23.5 Å². The fourth-order valence-corrected chi connectivity index (χ4v) is 1.80. The van der Waals surface area contributed by atoms with Gasteiger partial charge in [-0.3, -0.25) is 30.2 Å². The van der Waals surface area contributed by atoms with Crippen molar-refractivity contribution in [3.05, 3.63) is 39.9 Å². The van der Waals surface area contributed by atoms with Crippen molar-refractivity contribution in [3.8, 4) is 0 Å². The Balaban J connectivity index is 2.25. The molecule has 0 bridgehead atoms. The van der Waals surface area contributed by atoms with Crippen LogP contribution in [0.4, 0.5) is 10.5 Å². The van der Waals surface area contributed by atoms with Crippen LogP contribution >= 0.6 is 0 Å². The highest BCUT2D eigenvalue weighted by Gasteiger charge is 2.12. The van der Waals surface area contributed by atoms with E-state index in [1.54, 1.807) is 0 Å². The summed E-state index contributed by atoms with van der Waals surface area (Å²) in [5.41, 5.74) is 1.51. The molecule has 4 N–H and O–H groups in total. The van der Waals surface area contributed by atoms with Crippen molar-refractivity contribution in [2.24, 2.45) is 0 Å². The molecular formula is C14H18N4O6. The lowest BCUT2D eigenvalue weighted by Crippen LogP contribution is -2.39. The largest absolute Gasteiger partial charge is 0.338 e. The Morgan fingerprint density at radius 1 is 1.08 bits per heavy atom. The van der Waals surface area contributed by atoms with Crippen LogP contribution in [0.1, 0.15) is 36.0 Å². The second-order valence-corrected chi connectivity index (χ2v) is 4.86. The van der Waals surface area contributed by atoms with Gasteiger partial charge >= 0.3 is 6.03 Å². The van der Waals surface area contributed by atoms with E-state index in [0.29, 0.717) is 25.8 Å². The molecule has 0 fully saturated rings. The van der Waals surface area contributed by atoms with Crippen LogP contribution in [0.2, 0.25) is 0 Å². The van der Waals surface area contributed by atoms with E-state index >= 15 is 0 Å². The van der Waals surface area contributed by atoms with Crippen LogP contribution in [0, 0.1) is 10.1 Å². The molecule has 0 aliphatic heterocycles. The van der Waals surface area contributed by atoms with Gasteiger partial charge < -0.3 is 5.32 Å². The Kier molecular flexibility index (Phi) is 7.85. The summed E-state index contributed by atoms with van der Waals surface area (Å²) < 4.78 is 0. The lowest BCUT2D eigenvalue weighted by molar-refractivity contribution is -0.384. The van der Waals surface area contributed by atoms with Crippen LogP contribution in [0.5, 0.6) is 0 Å². The van der Waals surface area contributed by atoms with Crippen LogP contribution in [0.15, 0.2) is 24.3 Å². The first-order valence-corrected chi connectivity index (χ1v) is 7.20. The Morgan fingerprint density at radius 3 is 2.33 bits per heavy atom. The number of hydroxylamine groups is 1. The fourth-order valence-electron chi connectivity index (χ4n) is 1.80. The third kappa shape index (κ3) is 6.83. The second-order valence-electron chi connectivity index (χ2n) is 4.86. The Labute approximate surface area is 137 Å². The zero-order valence-electron chi connectivity index (χ0n) is 12.8. The van der Waals surface area contributed by atoms with E-state index in [2.05, 4.69) is 10.6 Å². The van der Waals surface area contributed by atoms with Crippen molar-refractivity contribution in [2.75, 3.05) is 6.54 Å². The Morgan fingerprint density at radius 2 is 1.75 bits per heavy atom. The average Bonchev–Trinajstić information content (AvgIpc) is 2.57. The number of hydrogen-bond donors (Lipinski definition) is 4. The molecule has 0 atom stereocenters. The Hall–Kier alpha value is -3.01. The number of amides is 4. The van der Waals surface area contributed by atoms with E-state index in [0.717, 1.165) is 0 Å². The minimum absolute atomic E-state index is 0.130. The van der Waals surface area contributed by atoms with Crippen molar-refractivity contribution in [2.45, 2.75) is 25.7 Å². The lowest BCUT2D eigenvalue weighted by Gasteiger charge is -2.06. The molecule has 0 saturated heterocycles. The number of imide groups is 1. The van der Waals surface area contributed by atoms with Crippen LogP contribution in [0.25, 0.3) is 0 Å². The fraction of sp³-hybridized carbons (Fsp3) is 0.357. The number of carbonyl (C=O) groups is 3. The van der Waals surface area contributed by atoms with Gasteiger partial charge in [-0.2, -0.15) is 0 Å². The van der Waals surface area contributed by atoms with E-state index < -0.39 is 22.8 Å². The van der Waals surface area contributed by atoms with Crippen LogP contribution < -0.4 is 16.1 Å². The molecule has 1 aromatic rings. The van der Waals surface area contributed by atoms with Gasteiger partial charge in [0.1, 0.15) is 0 Å². The highest BCUT2D eigenvalue weighted by molar-refractivity contribution is 6.04. The normalized spacial score (nSPS) is 9.88. The summed E-state index contributed by atoms with van der Waals surface area (Å²) in [6, 6.07) is 4.19. The highest BCUT2D eigenvalue weighted by Crippen LogP contribution is 2.11. The third-order valence-corrected chi connectivity index (χ3v) is 3.06. The van der Waals surface area contributed by atoms with Gasteiger partial charge in [-0.25, -0.2) is 10.3 Å². The summed E-state index contributed by atoms with van der Waals surface area (Å²) in [7, 11) is 0. The number of nitrogens with zero attached hydrogens (tertiary/aromatic N) is 1. The maximum atomic E-state index is 11.8. The first-order valence-electron chi connectivity index (χ1n) is 7.20. The number of unbranched alkanes of at least 4 members (excludes halogenated alkanes) is 2. The predicted octanol–water partition coefficient (Wildman–Crippen LogP) is 1.10. The summed E-state index contributed by atoms with van der Waals surface area (Å²) >= 11 is 0. The first-order chi connectivity index (χ1) is 11.4. The van der Waals surface area contributed by atoms with Gasteiger partial charge in [0.15, 0.2) is 0 Å². The van der Waals surface area contributed by atoms with Gasteiger partial charge in [0.25, 0.3) is 11.6 Å². The molecule has 0 saturated carbocycles. The number of benzene rings is 1. The van der Waals surface area contributed by atoms with Gasteiger partial charge in [-0.1, -0.05) is 6.42 Å². The molecule has 1 rings (SSSR count). The molecule has 0 unspecified atom stereocenters. The summed E-state index contributed by atoms with van der Waals surface area (Å²) in [5, 5.41) is 23.4. The maximum absolute atomic E-state index is 11.8. The molecule has 10 heteroatoms. The van der Waals surface area contributed by atoms with E-state index in [1.165, 1.54) is 29.7 Å². The number of carbonyl (C=O) groups excluding carboxylic acids is 3. The minimum atomic E-state index is -0.675. The second kappa shape index (κ2) is 9.90. The molecule has 0 radical (unpaired) electrons. The SMILES string of the molecule is O=C(CCCCCNC(=O)NC(=O)c1ccc([N+](=O)[O-])cc1)NO. The number of urea groups is 1.